The number of hydrogen-bond acceptors (Lipinski definition) is 6. The molecule has 0 radical (unpaired) electrons. The van der Waals surface area contributed by atoms with Crippen LogP contribution in [0.15, 0.2) is 53.6 Å². The summed E-state index contributed by atoms with van der Waals surface area (Å²) >= 11 is 5.90. The Kier molecular flexibility index (Phi) is 6.32. The number of halogens is 2. The number of rotatable bonds is 6. The number of aliphatic hydroxyl groups is 2. The number of aliphatic hydroxyl groups excluding tert-OH is 2. The fourth-order valence-corrected chi connectivity index (χ4v) is 2.61. The third kappa shape index (κ3) is 4.83. The van der Waals surface area contributed by atoms with Gasteiger partial charge >= 0.3 is 0 Å². The number of aromatic nitrogens is 3. The SMILES string of the molecule is O=C(NC[C@H](O)CO)c1cc(-c2ccc(Cl)cc2)nn(-c2cncc(F)c2)c1=O. The normalized spacial score (nSPS) is 11.9. The molecule has 1 aromatic carbocycles. The molecule has 10 heteroatoms. The third-order valence-corrected chi connectivity index (χ3v) is 4.19. The molecule has 29 heavy (non-hydrogen) atoms. The molecule has 0 spiro atoms. The molecule has 3 rings (SSSR count). The van der Waals surface area contributed by atoms with Gasteiger partial charge in [-0.25, -0.2) is 4.39 Å². The molecule has 1 amide bonds. The summed E-state index contributed by atoms with van der Waals surface area (Å²) < 4.78 is 14.5. The zero-order valence-corrected chi connectivity index (χ0v) is 15.7. The van der Waals surface area contributed by atoms with Gasteiger partial charge in [-0.15, -0.1) is 0 Å². The summed E-state index contributed by atoms with van der Waals surface area (Å²) in [6.07, 6.45) is 1.04. The van der Waals surface area contributed by atoms with Gasteiger partial charge in [0.15, 0.2) is 0 Å². The van der Waals surface area contributed by atoms with Gasteiger partial charge in [0.25, 0.3) is 11.5 Å². The average molecular weight is 419 g/mol. The standard InChI is InChI=1S/C19H16ClFN4O4/c20-12-3-1-11(2-4-12)17-6-16(18(28)23-9-15(27)10-26)19(29)25(24-17)14-5-13(21)7-22-8-14/h1-8,15,26-27H,9-10H2,(H,23,28)/t15-/m0/s1. The first-order valence-electron chi connectivity index (χ1n) is 8.47. The molecule has 0 unspecified atom stereocenters. The average Bonchev–Trinajstić information content (AvgIpc) is 2.72. The molecule has 2 heterocycles. The first kappa shape index (κ1) is 20.6. The zero-order chi connectivity index (χ0) is 21.0. The van der Waals surface area contributed by atoms with Crippen LogP contribution in [-0.4, -0.2) is 50.1 Å². The molecule has 0 aliphatic rings. The quantitative estimate of drug-likeness (QED) is 0.553. The summed E-state index contributed by atoms with van der Waals surface area (Å²) in [5.74, 6) is -1.46. The molecular formula is C19H16ClFN4O4. The van der Waals surface area contributed by atoms with Crippen LogP contribution in [0.5, 0.6) is 0 Å². The first-order valence-corrected chi connectivity index (χ1v) is 8.85. The highest BCUT2D eigenvalue weighted by Crippen LogP contribution is 2.20. The fourth-order valence-electron chi connectivity index (χ4n) is 2.48. The highest BCUT2D eigenvalue weighted by atomic mass is 35.5. The van der Waals surface area contributed by atoms with Gasteiger partial charge in [-0.3, -0.25) is 14.6 Å². The first-order chi connectivity index (χ1) is 13.9. The summed E-state index contributed by atoms with van der Waals surface area (Å²) in [5.41, 5.74) is -0.212. The van der Waals surface area contributed by atoms with Crippen molar-refractivity contribution in [2.45, 2.75) is 6.10 Å². The van der Waals surface area contributed by atoms with Crippen molar-refractivity contribution in [3.8, 4) is 16.9 Å². The second kappa shape index (κ2) is 8.91. The third-order valence-electron chi connectivity index (χ3n) is 3.94. The van der Waals surface area contributed by atoms with Crippen LogP contribution >= 0.6 is 11.6 Å². The number of carbonyl (C=O) groups excluding carboxylic acids is 1. The van der Waals surface area contributed by atoms with Crippen molar-refractivity contribution < 1.29 is 19.4 Å². The van der Waals surface area contributed by atoms with E-state index >= 15 is 0 Å². The van der Waals surface area contributed by atoms with Gasteiger partial charge in [0.1, 0.15) is 11.4 Å². The van der Waals surface area contributed by atoms with Gasteiger partial charge in [0.05, 0.1) is 36.5 Å². The molecule has 0 fully saturated rings. The molecule has 0 bridgehead atoms. The molecule has 0 aliphatic heterocycles. The minimum absolute atomic E-state index is 0.0373. The van der Waals surface area contributed by atoms with Crippen molar-refractivity contribution in [1.29, 1.82) is 0 Å². The van der Waals surface area contributed by atoms with Crippen molar-refractivity contribution >= 4 is 17.5 Å². The number of hydrogen-bond donors (Lipinski definition) is 3. The molecular weight excluding hydrogens is 403 g/mol. The molecule has 0 saturated heterocycles. The molecule has 1 atom stereocenters. The second-order valence-electron chi connectivity index (χ2n) is 6.07. The van der Waals surface area contributed by atoms with E-state index in [0.717, 1.165) is 16.9 Å². The van der Waals surface area contributed by atoms with E-state index in [2.05, 4.69) is 15.4 Å². The van der Waals surface area contributed by atoms with Crippen LogP contribution in [0.4, 0.5) is 4.39 Å². The fraction of sp³-hybridized carbons (Fsp3) is 0.158. The Bertz CT molecular complexity index is 1090. The zero-order valence-electron chi connectivity index (χ0n) is 14.9. The van der Waals surface area contributed by atoms with E-state index in [-0.39, 0.29) is 23.5 Å². The Morgan fingerprint density at radius 3 is 2.62 bits per heavy atom. The molecule has 8 nitrogen and oxygen atoms in total. The van der Waals surface area contributed by atoms with Crippen molar-refractivity contribution in [2.24, 2.45) is 0 Å². The van der Waals surface area contributed by atoms with E-state index in [1.165, 1.54) is 12.3 Å². The van der Waals surface area contributed by atoms with Crippen LogP contribution in [-0.2, 0) is 0 Å². The minimum atomic E-state index is -1.17. The van der Waals surface area contributed by atoms with Gasteiger partial charge in [0, 0.05) is 23.2 Å². The van der Waals surface area contributed by atoms with Crippen LogP contribution in [0.2, 0.25) is 5.02 Å². The maximum Gasteiger partial charge on any atom is 0.284 e. The molecule has 0 aliphatic carbocycles. The highest BCUT2D eigenvalue weighted by Gasteiger charge is 2.18. The predicted molar refractivity (Wildman–Crippen MR) is 103 cm³/mol. The Labute approximate surface area is 169 Å². The summed E-state index contributed by atoms with van der Waals surface area (Å²) in [6, 6.07) is 8.89. The van der Waals surface area contributed by atoms with Gasteiger partial charge < -0.3 is 15.5 Å². The second-order valence-corrected chi connectivity index (χ2v) is 6.51. The number of benzene rings is 1. The van der Waals surface area contributed by atoms with E-state index in [1.54, 1.807) is 24.3 Å². The Balaban J connectivity index is 2.12. The van der Waals surface area contributed by atoms with E-state index in [9.17, 15) is 19.1 Å². The Morgan fingerprint density at radius 1 is 1.24 bits per heavy atom. The van der Waals surface area contributed by atoms with E-state index in [1.807, 2.05) is 0 Å². The van der Waals surface area contributed by atoms with Gasteiger partial charge in [0.2, 0.25) is 0 Å². The van der Waals surface area contributed by atoms with Gasteiger partial charge in [-0.05, 0) is 18.2 Å². The number of nitrogens with one attached hydrogen (secondary N) is 1. The molecule has 3 N–H and O–H groups in total. The van der Waals surface area contributed by atoms with Crippen LogP contribution in [0.1, 0.15) is 10.4 Å². The maximum absolute atomic E-state index is 13.6. The molecule has 3 aromatic rings. The summed E-state index contributed by atoms with van der Waals surface area (Å²) in [5, 5.41) is 25.4. The number of pyridine rings is 1. The lowest BCUT2D eigenvalue weighted by molar-refractivity contribution is 0.0800. The van der Waals surface area contributed by atoms with E-state index in [4.69, 9.17) is 16.7 Å². The smallest absolute Gasteiger partial charge is 0.284 e. The number of nitrogens with zero attached hydrogens (tertiary/aromatic N) is 3. The molecule has 2 aromatic heterocycles. The van der Waals surface area contributed by atoms with Gasteiger partial charge in [-0.1, -0.05) is 23.7 Å². The lowest BCUT2D eigenvalue weighted by atomic mass is 10.1. The Hall–Kier alpha value is -3.14. The Morgan fingerprint density at radius 2 is 1.97 bits per heavy atom. The van der Waals surface area contributed by atoms with Crippen LogP contribution in [0.25, 0.3) is 16.9 Å². The predicted octanol–water partition coefficient (Wildman–Crippen LogP) is 1.17. The lowest BCUT2D eigenvalue weighted by Crippen LogP contribution is -2.38. The van der Waals surface area contributed by atoms with Crippen LogP contribution < -0.4 is 10.9 Å². The maximum atomic E-state index is 13.6. The summed E-state index contributed by atoms with van der Waals surface area (Å²) in [7, 11) is 0. The molecule has 150 valence electrons. The van der Waals surface area contributed by atoms with Crippen LogP contribution in [0.3, 0.4) is 0 Å². The summed E-state index contributed by atoms with van der Waals surface area (Å²) in [6.45, 7) is -0.805. The lowest BCUT2D eigenvalue weighted by Gasteiger charge is -2.12. The van der Waals surface area contributed by atoms with Crippen LogP contribution in [0, 0.1) is 5.82 Å². The topological polar surface area (TPSA) is 117 Å². The largest absolute Gasteiger partial charge is 0.394 e. The number of carbonyl (C=O) groups is 1. The van der Waals surface area contributed by atoms with Crippen molar-refractivity contribution in [2.75, 3.05) is 13.2 Å². The van der Waals surface area contributed by atoms with E-state index < -0.39 is 30.0 Å². The van der Waals surface area contributed by atoms with Crippen molar-refractivity contribution in [3.63, 3.8) is 0 Å². The van der Waals surface area contributed by atoms with Crippen molar-refractivity contribution in [3.05, 3.63) is 75.5 Å². The molecule has 0 saturated carbocycles. The van der Waals surface area contributed by atoms with E-state index in [0.29, 0.717) is 10.6 Å². The number of amides is 1. The minimum Gasteiger partial charge on any atom is -0.394 e. The highest BCUT2D eigenvalue weighted by molar-refractivity contribution is 6.30. The van der Waals surface area contributed by atoms with Crippen molar-refractivity contribution in [1.82, 2.24) is 20.1 Å². The van der Waals surface area contributed by atoms with Gasteiger partial charge in [-0.2, -0.15) is 9.78 Å². The monoisotopic (exact) mass is 418 g/mol. The summed E-state index contributed by atoms with van der Waals surface area (Å²) in [4.78, 5) is 29.1.